The van der Waals surface area contributed by atoms with Crippen molar-refractivity contribution in [2.24, 2.45) is 0 Å². The van der Waals surface area contributed by atoms with E-state index in [1.807, 2.05) is 97.1 Å². The second-order valence-electron chi connectivity index (χ2n) is 4.48. The zero-order chi connectivity index (χ0) is 17.6. The molecular weight excluding hydrogens is 786 g/mol. The molecule has 0 aliphatic heterocycles. The first-order valence-corrected chi connectivity index (χ1v) is 10.6. The molecular formula is C20H16Fe2Se4Sn-8. The second-order valence-corrected chi connectivity index (χ2v) is 8.44. The summed E-state index contributed by atoms with van der Waals surface area (Å²) in [5.74, 6) is 0. The monoisotopic (exact) mass is 808 g/mol. The summed E-state index contributed by atoms with van der Waals surface area (Å²) in [4.78, 5) is 0. The van der Waals surface area contributed by atoms with Crippen molar-refractivity contribution < 1.29 is 34.1 Å². The fraction of sp³-hybridized carbons (Fsp3) is 0. The molecule has 148 valence electrons. The molecule has 0 spiro atoms. The maximum Gasteiger partial charge on any atom is 0 e. The Hall–Kier alpha value is 1.32. The van der Waals surface area contributed by atoms with Crippen LogP contribution in [0, 0.1) is 0 Å². The van der Waals surface area contributed by atoms with Crippen molar-refractivity contribution >= 4 is 106 Å². The molecule has 8 radical (unpaired) electrons. The summed E-state index contributed by atoms with van der Waals surface area (Å²) in [5, 5.41) is 0. The van der Waals surface area contributed by atoms with Gasteiger partial charge in [-0.05, 0) is 0 Å². The third-order valence-electron chi connectivity index (χ3n) is 2.53. The van der Waals surface area contributed by atoms with Gasteiger partial charge in [-0.15, -0.1) is 0 Å². The molecule has 0 saturated heterocycles. The van der Waals surface area contributed by atoms with Gasteiger partial charge >= 0.3 is 179 Å². The average molecular weight is 803 g/mol. The Kier molecular flexibility index (Phi) is 26.9. The topological polar surface area (TPSA) is 0 Å². The van der Waals surface area contributed by atoms with E-state index in [0.717, 1.165) is 0 Å². The Bertz CT molecular complexity index is 575. The van der Waals surface area contributed by atoms with E-state index in [9.17, 15) is 0 Å². The predicted octanol–water partition coefficient (Wildman–Crippen LogP) is 0.411. The molecule has 0 bridgehead atoms. The van der Waals surface area contributed by atoms with Gasteiger partial charge < -0.3 is 0 Å². The third kappa shape index (κ3) is 20.4. The van der Waals surface area contributed by atoms with Gasteiger partial charge in [0.15, 0.2) is 0 Å². The summed E-state index contributed by atoms with van der Waals surface area (Å²) in [6.45, 7) is 0. The molecule has 0 amide bonds. The van der Waals surface area contributed by atoms with Crippen molar-refractivity contribution in [3.63, 3.8) is 0 Å². The molecule has 0 atom stereocenters. The standard InChI is InChI=1S/4C5H4Se.2Fe.Sn/c4*6-5-3-1-2-4-5;;;/h4*1-4H;;;/q-5;3*-1;;;. The van der Waals surface area contributed by atoms with Crippen LogP contribution < -0.4 is 17.8 Å². The first-order chi connectivity index (χ1) is 11.6. The van der Waals surface area contributed by atoms with E-state index in [-0.39, 0.29) is 58.0 Å². The largest absolute Gasteiger partial charge is 0 e. The maximum absolute atomic E-state index is 2.88. The van der Waals surface area contributed by atoms with Crippen LogP contribution in [0.3, 0.4) is 0 Å². The van der Waals surface area contributed by atoms with Gasteiger partial charge in [-0.2, -0.15) is 0 Å². The second kappa shape index (κ2) is 22.0. The molecule has 7 heteroatoms. The van der Waals surface area contributed by atoms with Crippen LogP contribution in [0.15, 0.2) is 97.1 Å². The molecule has 27 heavy (non-hydrogen) atoms. The Morgan fingerprint density at radius 3 is 0.778 bits per heavy atom. The Labute approximate surface area is 234 Å². The van der Waals surface area contributed by atoms with E-state index >= 15 is 0 Å². The van der Waals surface area contributed by atoms with Gasteiger partial charge in [-0.3, -0.25) is 0 Å². The summed E-state index contributed by atoms with van der Waals surface area (Å²) in [6.07, 6.45) is 0. The van der Waals surface area contributed by atoms with Gasteiger partial charge in [0.2, 0.25) is 0 Å². The predicted molar refractivity (Wildman–Crippen MR) is 115 cm³/mol. The van der Waals surface area contributed by atoms with Crippen molar-refractivity contribution in [3.8, 4) is 0 Å². The molecule has 0 nitrogen and oxygen atoms in total. The fourth-order valence-electron chi connectivity index (χ4n) is 1.43. The molecule has 4 rings (SSSR count). The first kappa shape index (κ1) is 33.0. The normalized spacial score (nSPS) is 7.70. The van der Waals surface area contributed by atoms with E-state index in [4.69, 9.17) is 0 Å². The van der Waals surface area contributed by atoms with Crippen molar-refractivity contribution in [3.05, 3.63) is 97.1 Å². The fourth-order valence-corrected chi connectivity index (χ4v) is 2.74. The summed E-state index contributed by atoms with van der Waals surface area (Å²) in [6, 6.07) is 32.3. The minimum Gasteiger partial charge on any atom is 0 e. The van der Waals surface area contributed by atoms with E-state index in [1.165, 1.54) is 17.8 Å². The molecule has 0 heterocycles. The van der Waals surface area contributed by atoms with Gasteiger partial charge in [0, 0.05) is 58.0 Å². The molecule has 0 unspecified atom stereocenters. The Morgan fingerprint density at radius 2 is 0.704 bits per heavy atom. The molecule has 0 fully saturated rings. The molecule has 4 aromatic carbocycles. The van der Waals surface area contributed by atoms with E-state index in [1.54, 1.807) is 0 Å². The maximum atomic E-state index is 2.88. The van der Waals surface area contributed by atoms with Crippen LogP contribution in [-0.2, 0) is 34.1 Å². The van der Waals surface area contributed by atoms with E-state index in [2.05, 4.69) is 64.1 Å². The quantitative estimate of drug-likeness (QED) is 0.179. The van der Waals surface area contributed by atoms with Crippen LogP contribution in [0.2, 0.25) is 0 Å². The summed E-state index contributed by atoms with van der Waals surface area (Å²) in [7, 11) is 0. The van der Waals surface area contributed by atoms with Crippen molar-refractivity contribution in [1.82, 2.24) is 0 Å². The van der Waals surface area contributed by atoms with E-state index < -0.39 is 0 Å². The van der Waals surface area contributed by atoms with Crippen LogP contribution in [-0.4, -0.2) is 88.0 Å². The molecule has 0 N–H and O–H groups in total. The molecule has 0 aliphatic carbocycles. The van der Waals surface area contributed by atoms with Gasteiger partial charge in [0.1, 0.15) is 0 Å². The smallest absolute Gasteiger partial charge is 0 e. The van der Waals surface area contributed by atoms with Gasteiger partial charge in [0.05, 0.1) is 0 Å². The number of hydrogen-bond donors (Lipinski definition) is 0. The van der Waals surface area contributed by atoms with Crippen molar-refractivity contribution in [2.45, 2.75) is 0 Å². The number of rotatable bonds is 0. The van der Waals surface area contributed by atoms with Gasteiger partial charge in [-0.1, -0.05) is 0 Å². The number of hydrogen-bond acceptors (Lipinski definition) is 0. The van der Waals surface area contributed by atoms with Crippen LogP contribution in [0.5, 0.6) is 0 Å². The summed E-state index contributed by atoms with van der Waals surface area (Å²) < 4.78 is 4.87. The third-order valence-corrected chi connectivity index (χ3v) is 4.81. The summed E-state index contributed by atoms with van der Waals surface area (Å²) in [5.41, 5.74) is 0. The molecule has 0 aromatic heterocycles. The van der Waals surface area contributed by atoms with Crippen LogP contribution in [0.25, 0.3) is 0 Å². The minimum absolute atomic E-state index is 0. The zero-order valence-electron chi connectivity index (χ0n) is 14.1. The molecule has 4 aromatic rings. The van der Waals surface area contributed by atoms with Crippen molar-refractivity contribution in [1.29, 1.82) is 0 Å². The first-order valence-electron chi connectivity index (χ1n) is 7.13. The van der Waals surface area contributed by atoms with E-state index in [0.29, 0.717) is 0 Å². The molecule has 0 saturated carbocycles. The van der Waals surface area contributed by atoms with Gasteiger partial charge in [0.25, 0.3) is 0 Å². The summed E-state index contributed by atoms with van der Waals surface area (Å²) >= 11 is 11.5. The van der Waals surface area contributed by atoms with Crippen LogP contribution >= 0.6 is 0 Å². The Balaban J connectivity index is -0.000000274. The Morgan fingerprint density at radius 1 is 0.481 bits per heavy atom. The van der Waals surface area contributed by atoms with Crippen LogP contribution in [0.4, 0.5) is 0 Å². The SMILES string of the molecule is [Fe].[Fe].[Se][c-]1[cH-][cH-][cH-][cH-]1.[Se][c-]1cccc1.[Se][c-]1cccc1.[Se][c-]1cccc1.[Sn]. The molecule has 0 aliphatic rings. The minimum atomic E-state index is 0. The van der Waals surface area contributed by atoms with Crippen molar-refractivity contribution in [2.75, 3.05) is 0 Å². The van der Waals surface area contributed by atoms with Gasteiger partial charge in [-0.25, -0.2) is 0 Å². The average Bonchev–Trinajstić information content (AvgIpc) is 3.31. The van der Waals surface area contributed by atoms with Crippen LogP contribution in [0.1, 0.15) is 0 Å². The zero-order valence-corrected chi connectivity index (χ0v) is 26.0.